The third-order valence-electron chi connectivity index (χ3n) is 4.26. The zero-order valence-electron chi connectivity index (χ0n) is 12.8. The zero-order valence-corrected chi connectivity index (χ0v) is 12.8. The number of Topliss-reactive ketones (excluding diaryl/α,β-unsaturated/α-hetero) is 1. The summed E-state index contributed by atoms with van der Waals surface area (Å²) in [6.07, 6.45) is 7.53. The Morgan fingerprint density at radius 1 is 1.11 bits per heavy atom. The van der Waals surface area contributed by atoms with Gasteiger partial charge in [-0.2, -0.15) is 0 Å². The van der Waals surface area contributed by atoms with Crippen molar-refractivity contribution in [2.45, 2.75) is 58.8 Å². The van der Waals surface area contributed by atoms with Gasteiger partial charge >= 0.3 is 0 Å². The lowest BCUT2D eigenvalue weighted by atomic mass is 9.93. The molecule has 0 radical (unpaired) electrons. The molecular weight excluding hydrogens is 238 g/mol. The van der Waals surface area contributed by atoms with Crippen molar-refractivity contribution in [3.05, 3.63) is 0 Å². The van der Waals surface area contributed by atoms with Gasteiger partial charge < -0.3 is 9.64 Å². The summed E-state index contributed by atoms with van der Waals surface area (Å²) in [5.41, 5.74) is 0. The van der Waals surface area contributed by atoms with E-state index in [1.54, 1.807) is 0 Å². The van der Waals surface area contributed by atoms with E-state index in [9.17, 15) is 4.79 Å². The Hall–Kier alpha value is -0.410. The average Bonchev–Trinajstić information content (AvgIpc) is 2.46. The molecule has 0 N–H and O–H groups in total. The Morgan fingerprint density at radius 2 is 1.79 bits per heavy atom. The number of carbonyl (C=O) groups excluding carboxylic acids is 1. The molecule has 1 saturated heterocycles. The minimum absolute atomic E-state index is 0.443. The number of nitrogens with zero attached hydrogens (tertiary/aromatic N) is 1. The average molecular weight is 269 g/mol. The number of hydrogen-bond acceptors (Lipinski definition) is 3. The van der Waals surface area contributed by atoms with Crippen molar-refractivity contribution in [3.63, 3.8) is 0 Å². The molecule has 0 spiro atoms. The van der Waals surface area contributed by atoms with E-state index in [2.05, 4.69) is 18.7 Å². The van der Waals surface area contributed by atoms with E-state index in [0.29, 0.717) is 5.78 Å². The normalized spacial score (nSPS) is 17.0. The molecule has 0 aliphatic carbocycles. The van der Waals surface area contributed by atoms with Crippen LogP contribution in [0.25, 0.3) is 0 Å². The fourth-order valence-electron chi connectivity index (χ4n) is 2.74. The highest BCUT2D eigenvalue weighted by Gasteiger charge is 2.13. The Balaban J connectivity index is 1.97. The number of ether oxygens (including phenoxy) is 1. The predicted molar refractivity (Wildman–Crippen MR) is 79.4 cm³/mol. The second-order valence-electron chi connectivity index (χ2n) is 5.62. The fraction of sp³-hybridized carbons (Fsp3) is 0.938. The summed E-state index contributed by atoms with van der Waals surface area (Å²) in [5.74, 6) is 1.29. The summed E-state index contributed by atoms with van der Waals surface area (Å²) in [5, 5.41) is 0. The molecule has 0 aromatic carbocycles. The Labute approximate surface area is 118 Å². The van der Waals surface area contributed by atoms with Crippen LogP contribution in [-0.2, 0) is 9.53 Å². The van der Waals surface area contributed by atoms with Gasteiger partial charge in [-0.15, -0.1) is 0 Å². The van der Waals surface area contributed by atoms with Gasteiger partial charge in [0.05, 0.1) is 0 Å². The molecule has 112 valence electrons. The van der Waals surface area contributed by atoms with Gasteiger partial charge in [-0.05, 0) is 38.3 Å². The van der Waals surface area contributed by atoms with Gasteiger partial charge in [0, 0.05) is 32.6 Å². The van der Waals surface area contributed by atoms with Gasteiger partial charge in [-0.25, -0.2) is 0 Å². The summed E-state index contributed by atoms with van der Waals surface area (Å²) >= 11 is 0. The first-order valence-electron chi connectivity index (χ1n) is 8.08. The molecule has 0 aromatic rings. The molecule has 1 aliphatic rings. The monoisotopic (exact) mass is 269 g/mol. The molecule has 19 heavy (non-hydrogen) atoms. The third kappa shape index (κ3) is 7.68. The molecule has 0 unspecified atom stereocenters. The first-order valence-corrected chi connectivity index (χ1v) is 8.08. The Morgan fingerprint density at radius 3 is 2.42 bits per heavy atom. The van der Waals surface area contributed by atoms with Gasteiger partial charge in [0.15, 0.2) is 0 Å². The molecular formula is C16H31NO2. The quantitative estimate of drug-likeness (QED) is 0.570. The molecule has 3 nitrogen and oxygen atoms in total. The maximum atomic E-state index is 11.8. The minimum atomic E-state index is 0.443. The molecule has 0 aromatic heterocycles. The van der Waals surface area contributed by atoms with Crippen molar-refractivity contribution in [3.8, 4) is 0 Å². The van der Waals surface area contributed by atoms with Crippen LogP contribution in [0.4, 0.5) is 0 Å². The molecule has 0 atom stereocenters. The second kappa shape index (κ2) is 10.4. The number of hydrogen-bond donors (Lipinski definition) is 0. The van der Waals surface area contributed by atoms with Crippen LogP contribution in [-0.4, -0.2) is 43.5 Å². The molecule has 3 heteroatoms. The highest BCUT2D eigenvalue weighted by molar-refractivity contribution is 5.78. The van der Waals surface area contributed by atoms with Crippen molar-refractivity contribution in [1.29, 1.82) is 0 Å². The molecule has 1 heterocycles. The lowest BCUT2D eigenvalue weighted by molar-refractivity contribution is -0.119. The van der Waals surface area contributed by atoms with Gasteiger partial charge in [0.2, 0.25) is 0 Å². The second-order valence-corrected chi connectivity index (χ2v) is 5.62. The topological polar surface area (TPSA) is 29.5 Å². The van der Waals surface area contributed by atoms with Crippen LogP contribution in [0.3, 0.4) is 0 Å². The van der Waals surface area contributed by atoms with E-state index < -0.39 is 0 Å². The van der Waals surface area contributed by atoms with Crippen molar-refractivity contribution < 1.29 is 9.53 Å². The van der Waals surface area contributed by atoms with Crippen molar-refractivity contribution in [2.75, 3.05) is 32.8 Å². The predicted octanol–water partition coefficient (Wildman–Crippen LogP) is 3.27. The van der Waals surface area contributed by atoms with Gasteiger partial charge in [0.1, 0.15) is 5.78 Å². The highest BCUT2D eigenvalue weighted by atomic mass is 16.5. The Bertz CT molecular complexity index is 233. The van der Waals surface area contributed by atoms with Crippen LogP contribution in [0.15, 0.2) is 0 Å². The largest absolute Gasteiger partial charge is 0.381 e. The van der Waals surface area contributed by atoms with Crippen LogP contribution >= 0.6 is 0 Å². The van der Waals surface area contributed by atoms with Crippen LogP contribution in [0.5, 0.6) is 0 Å². The number of rotatable bonds is 10. The zero-order chi connectivity index (χ0) is 13.9. The van der Waals surface area contributed by atoms with Crippen LogP contribution in [0, 0.1) is 5.92 Å². The first-order chi connectivity index (χ1) is 9.26. The summed E-state index contributed by atoms with van der Waals surface area (Å²) in [6, 6.07) is 0. The van der Waals surface area contributed by atoms with E-state index in [1.165, 1.54) is 25.7 Å². The molecule has 0 amide bonds. The maximum absolute atomic E-state index is 11.8. The molecule has 1 rings (SSSR count). The smallest absolute Gasteiger partial charge is 0.134 e. The van der Waals surface area contributed by atoms with E-state index in [-0.39, 0.29) is 0 Å². The van der Waals surface area contributed by atoms with Crippen molar-refractivity contribution in [1.82, 2.24) is 4.90 Å². The number of ketones is 1. The van der Waals surface area contributed by atoms with E-state index in [0.717, 1.165) is 58.0 Å². The third-order valence-corrected chi connectivity index (χ3v) is 4.26. The maximum Gasteiger partial charge on any atom is 0.134 e. The van der Waals surface area contributed by atoms with Crippen LogP contribution < -0.4 is 0 Å². The SMILES string of the molecule is CCN(CC)CCC(=O)CCCCC1CCOCC1. The minimum Gasteiger partial charge on any atom is -0.381 e. The van der Waals surface area contributed by atoms with E-state index in [4.69, 9.17) is 4.74 Å². The number of unbranched alkanes of at least 4 members (excludes halogenated alkanes) is 1. The van der Waals surface area contributed by atoms with E-state index in [1.807, 2.05) is 0 Å². The summed E-state index contributed by atoms with van der Waals surface area (Å²) in [6.45, 7) is 9.22. The van der Waals surface area contributed by atoms with Gasteiger partial charge in [0.25, 0.3) is 0 Å². The lowest BCUT2D eigenvalue weighted by Crippen LogP contribution is -2.25. The Kier molecular flexibility index (Phi) is 9.10. The number of carbonyl (C=O) groups is 1. The standard InChI is InChI=1S/C16H31NO2/c1-3-17(4-2)12-9-16(18)8-6-5-7-15-10-13-19-14-11-15/h15H,3-14H2,1-2H3. The molecule has 1 aliphatic heterocycles. The van der Waals surface area contributed by atoms with E-state index >= 15 is 0 Å². The summed E-state index contributed by atoms with van der Waals surface area (Å²) < 4.78 is 5.36. The first kappa shape index (κ1) is 16.6. The lowest BCUT2D eigenvalue weighted by Gasteiger charge is -2.21. The van der Waals surface area contributed by atoms with Gasteiger partial charge in [-0.3, -0.25) is 4.79 Å². The molecule has 0 saturated carbocycles. The van der Waals surface area contributed by atoms with Crippen LogP contribution in [0.2, 0.25) is 0 Å². The van der Waals surface area contributed by atoms with Gasteiger partial charge in [-0.1, -0.05) is 26.7 Å². The molecule has 1 fully saturated rings. The fourth-order valence-corrected chi connectivity index (χ4v) is 2.74. The summed E-state index contributed by atoms with van der Waals surface area (Å²) in [4.78, 5) is 14.1. The van der Waals surface area contributed by atoms with Crippen molar-refractivity contribution >= 4 is 5.78 Å². The summed E-state index contributed by atoms with van der Waals surface area (Å²) in [7, 11) is 0. The van der Waals surface area contributed by atoms with Crippen molar-refractivity contribution in [2.24, 2.45) is 5.92 Å². The highest BCUT2D eigenvalue weighted by Crippen LogP contribution is 2.21. The van der Waals surface area contributed by atoms with Crippen LogP contribution in [0.1, 0.15) is 58.8 Å². The molecule has 0 bridgehead atoms.